The quantitative estimate of drug-likeness (QED) is 0.675. The molecule has 0 amide bonds. The topological polar surface area (TPSA) is 110 Å². The number of aromatic carboxylic acids is 1. The molecule has 1 aromatic carbocycles. The summed E-state index contributed by atoms with van der Waals surface area (Å²) in [6, 6.07) is 3.57. The van der Waals surface area contributed by atoms with E-state index in [4.69, 9.17) is 5.73 Å². The van der Waals surface area contributed by atoms with Crippen LogP contribution in [0.2, 0.25) is 0 Å². The zero-order chi connectivity index (χ0) is 13.4. The minimum absolute atomic E-state index is 0. The van der Waals surface area contributed by atoms with Gasteiger partial charge < -0.3 is 10.8 Å². The maximum atomic E-state index is 11.4. The Balaban J connectivity index is 0.00000110. The summed E-state index contributed by atoms with van der Waals surface area (Å²) in [4.78, 5) is 11.4. The number of aromatic nitrogens is 4. The van der Waals surface area contributed by atoms with Crippen LogP contribution < -0.4 is 5.73 Å². The number of benzene rings is 1. The number of fused-ring (bicyclic) bond motifs is 3. The molecule has 0 bridgehead atoms. The highest BCUT2D eigenvalue weighted by molar-refractivity contribution is 6.10. The predicted molar refractivity (Wildman–Crippen MR) is 84.5 cm³/mol. The Labute approximate surface area is 132 Å². The number of carboxylic acids is 1. The molecule has 2 heterocycles. The second-order valence-electron chi connectivity index (χ2n) is 4.31. The summed E-state index contributed by atoms with van der Waals surface area (Å²) in [5.41, 5.74) is 7.16. The first-order valence-electron chi connectivity index (χ1n) is 5.98. The first-order valence-corrected chi connectivity index (χ1v) is 5.98. The summed E-state index contributed by atoms with van der Waals surface area (Å²) in [5.74, 6) is -0.984. The lowest BCUT2D eigenvalue weighted by Crippen LogP contribution is -2.13. The smallest absolute Gasteiger partial charge is 0.354 e. The van der Waals surface area contributed by atoms with Crippen molar-refractivity contribution in [2.75, 3.05) is 6.54 Å². The molecule has 3 rings (SSSR count). The molecular weight excluding hydrogens is 317 g/mol. The maximum absolute atomic E-state index is 11.4. The predicted octanol–water partition coefficient (Wildman–Crippen LogP) is 1.80. The Morgan fingerprint density at radius 3 is 2.76 bits per heavy atom. The van der Waals surface area contributed by atoms with Gasteiger partial charge in [-0.1, -0.05) is 0 Å². The van der Waals surface area contributed by atoms with Crippen LogP contribution in [0.5, 0.6) is 0 Å². The SMILES string of the molecule is Cl.Cl.NCCCn1nc2c(ccc3[nH]ncc32)c1C(=O)O. The average Bonchev–Trinajstić information content (AvgIpc) is 2.98. The van der Waals surface area contributed by atoms with E-state index in [-0.39, 0.29) is 30.5 Å². The van der Waals surface area contributed by atoms with Crippen LogP contribution in [0.15, 0.2) is 18.3 Å². The van der Waals surface area contributed by atoms with E-state index in [0.29, 0.717) is 30.4 Å². The molecule has 0 aliphatic carbocycles. The molecule has 7 nitrogen and oxygen atoms in total. The van der Waals surface area contributed by atoms with Crippen molar-refractivity contribution in [3.05, 3.63) is 24.0 Å². The Hall–Kier alpha value is -1.83. The Kier molecular flexibility index (Phi) is 5.54. The summed E-state index contributed by atoms with van der Waals surface area (Å²) < 4.78 is 1.51. The third-order valence-electron chi connectivity index (χ3n) is 3.11. The number of carbonyl (C=O) groups is 1. The molecule has 3 aromatic rings. The third-order valence-corrected chi connectivity index (χ3v) is 3.11. The number of halogens is 2. The lowest BCUT2D eigenvalue weighted by Gasteiger charge is -2.02. The van der Waals surface area contributed by atoms with Crippen molar-refractivity contribution in [2.45, 2.75) is 13.0 Å². The van der Waals surface area contributed by atoms with Crippen molar-refractivity contribution in [1.82, 2.24) is 20.0 Å². The van der Waals surface area contributed by atoms with Crippen LogP contribution in [0.1, 0.15) is 16.9 Å². The molecule has 9 heteroatoms. The van der Waals surface area contributed by atoms with Gasteiger partial charge >= 0.3 is 5.97 Å². The van der Waals surface area contributed by atoms with E-state index in [2.05, 4.69) is 15.3 Å². The highest BCUT2D eigenvalue weighted by Gasteiger charge is 2.19. The number of carboxylic acid groups (broad SMARTS) is 1. The van der Waals surface area contributed by atoms with Crippen LogP contribution in [-0.2, 0) is 6.54 Å². The van der Waals surface area contributed by atoms with Gasteiger partial charge in [0, 0.05) is 17.3 Å². The van der Waals surface area contributed by atoms with Gasteiger partial charge in [-0.05, 0) is 25.1 Å². The summed E-state index contributed by atoms with van der Waals surface area (Å²) in [7, 11) is 0. The van der Waals surface area contributed by atoms with Crippen LogP contribution in [0, 0.1) is 0 Å². The van der Waals surface area contributed by atoms with E-state index in [1.165, 1.54) is 4.68 Å². The van der Waals surface area contributed by atoms with Crippen molar-refractivity contribution in [2.24, 2.45) is 5.73 Å². The molecule has 21 heavy (non-hydrogen) atoms. The first-order chi connectivity index (χ1) is 9.22. The standard InChI is InChI=1S/C12H13N5O2.2ClH/c13-4-1-5-17-11(12(18)19)7-2-3-9-8(6-14-15-9)10(7)16-17;;/h2-3,6H,1,4-5,13H2,(H,14,15)(H,18,19);2*1H. The minimum atomic E-state index is -0.984. The highest BCUT2D eigenvalue weighted by atomic mass is 35.5. The van der Waals surface area contributed by atoms with Crippen LogP contribution in [0.25, 0.3) is 21.8 Å². The van der Waals surface area contributed by atoms with Gasteiger partial charge in [-0.25, -0.2) is 4.79 Å². The van der Waals surface area contributed by atoms with Gasteiger partial charge in [0.25, 0.3) is 0 Å². The number of hydrogen-bond donors (Lipinski definition) is 3. The number of H-pyrrole nitrogens is 1. The zero-order valence-electron chi connectivity index (χ0n) is 10.9. The highest BCUT2D eigenvalue weighted by Crippen LogP contribution is 2.26. The number of nitrogens with zero attached hydrogens (tertiary/aromatic N) is 3. The van der Waals surface area contributed by atoms with E-state index < -0.39 is 5.97 Å². The second kappa shape index (κ2) is 6.75. The molecule has 0 aliphatic rings. The van der Waals surface area contributed by atoms with E-state index in [1.54, 1.807) is 12.3 Å². The molecule has 0 spiro atoms. The molecule has 0 saturated heterocycles. The minimum Gasteiger partial charge on any atom is -0.477 e. The van der Waals surface area contributed by atoms with Gasteiger partial charge in [-0.3, -0.25) is 9.78 Å². The van der Waals surface area contributed by atoms with Crippen LogP contribution >= 0.6 is 24.8 Å². The van der Waals surface area contributed by atoms with Crippen molar-refractivity contribution < 1.29 is 9.90 Å². The van der Waals surface area contributed by atoms with Crippen LogP contribution in [-0.4, -0.2) is 37.6 Å². The zero-order valence-corrected chi connectivity index (χ0v) is 12.6. The Morgan fingerprint density at radius 1 is 1.33 bits per heavy atom. The van der Waals surface area contributed by atoms with Crippen LogP contribution in [0.3, 0.4) is 0 Å². The van der Waals surface area contributed by atoms with Gasteiger partial charge in [0.15, 0.2) is 5.69 Å². The number of nitrogens with one attached hydrogen (secondary N) is 1. The Morgan fingerprint density at radius 2 is 2.10 bits per heavy atom. The number of aromatic amines is 1. The molecule has 114 valence electrons. The van der Waals surface area contributed by atoms with Crippen molar-refractivity contribution in [3.63, 3.8) is 0 Å². The second-order valence-corrected chi connectivity index (χ2v) is 4.31. The van der Waals surface area contributed by atoms with Crippen molar-refractivity contribution in [3.8, 4) is 0 Å². The fraction of sp³-hybridized carbons (Fsp3) is 0.250. The first kappa shape index (κ1) is 17.2. The fourth-order valence-electron chi connectivity index (χ4n) is 2.24. The maximum Gasteiger partial charge on any atom is 0.354 e. The Bertz CT molecular complexity index is 768. The molecule has 0 radical (unpaired) electrons. The molecule has 0 saturated carbocycles. The summed E-state index contributed by atoms with van der Waals surface area (Å²) in [5, 5.41) is 22.0. The number of rotatable bonds is 4. The lowest BCUT2D eigenvalue weighted by atomic mass is 10.1. The molecule has 0 atom stereocenters. The van der Waals surface area contributed by atoms with Gasteiger partial charge in [0.2, 0.25) is 0 Å². The lowest BCUT2D eigenvalue weighted by molar-refractivity contribution is 0.0685. The molecule has 2 aromatic heterocycles. The molecule has 4 N–H and O–H groups in total. The molecule has 0 aliphatic heterocycles. The number of nitrogens with two attached hydrogens (primary N) is 1. The van der Waals surface area contributed by atoms with Crippen LogP contribution in [0.4, 0.5) is 0 Å². The molecule has 0 fully saturated rings. The average molecular weight is 332 g/mol. The third kappa shape index (κ3) is 2.80. The van der Waals surface area contributed by atoms with Crippen molar-refractivity contribution >= 4 is 52.6 Å². The summed E-state index contributed by atoms with van der Waals surface area (Å²) in [6.45, 7) is 0.989. The molecule has 0 unspecified atom stereocenters. The summed E-state index contributed by atoms with van der Waals surface area (Å²) >= 11 is 0. The van der Waals surface area contributed by atoms with Gasteiger partial charge in [0.1, 0.15) is 5.52 Å². The van der Waals surface area contributed by atoms with Gasteiger partial charge in [-0.2, -0.15) is 10.2 Å². The van der Waals surface area contributed by atoms with Crippen molar-refractivity contribution in [1.29, 1.82) is 0 Å². The molecular formula is C12H15Cl2N5O2. The monoisotopic (exact) mass is 331 g/mol. The van der Waals surface area contributed by atoms with E-state index in [9.17, 15) is 9.90 Å². The van der Waals surface area contributed by atoms with E-state index in [0.717, 1.165) is 10.9 Å². The van der Waals surface area contributed by atoms with Gasteiger partial charge in [-0.15, -0.1) is 24.8 Å². The largest absolute Gasteiger partial charge is 0.477 e. The normalized spacial score (nSPS) is 10.3. The fourth-order valence-corrected chi connectivity index (χ4v) is 2.24. The van der Waals surface area contributed by atoms with E-state index >= 15 is 0 Å². The van der Waals surface area contributed by atoms with E-state index in [1.807, 2.05) is 6.07 Å². The number of aryl methyl sites for hydroxylation is 1. The van der Waals surface area contributed by atoms with Gasteiger partial charge in [0.05, 0.1) is 11.7 Å². The number of hydrogen-bond acceptors (Lipinski definition) is 4. The summed E-state index contributed by atoms with van der Waals surface area (Å²) in [6.07, 6.45) is 2.34.